The van der Waals surface area contributed by atoms with Gasteiger partial charge in [-0.25, -0.2) is 19.2 Å². The molecule has 0 unspecified atom stereocenters. The van der Waals surface area contributed by atoms with Gasteiger partial charge in [-0.05, 0) is 37.1 Å². The average Bonchev–Trinajstić information content (AvgIpc) is 3.15. The van der Waals surface area contributed by atoms with Gasteiger partial charge in [-0.15, -0.1) is 0 Å². The van der Waals surface area contributed by atoms with Crippen LogP contribution in [0.3, 0.4) is 0 Å². The Labute approximate surface area is 399 Å². The maximum Gasteiger partial charge on any atom is 0.509 e. The second kappa shape index (κ2) is 19.0. The Morgan fingerprint density at radius 3 is 1.81 bits per heavy atom. The third-order valence-corrected chi connectivity index (χ3v) is 12.1. The van der Waals surface area contributed by atoms with Crippen molar-refractivity contribution >= 4 is 141 Å². The number of ketones is 1. The lowest BCUT2D eigenvalue weighted by molar-refractivity contribution is -0.343. The van der Waals surface area contributed by atoms with Gasteiger partial charge < -0.3 is 47.7 Å². The monoisotopic (exact) mass is 1050 g/mol. The van der Waals surface area contributed by atoms with Crippen molar-refractivity contribution in [2.24, 2.45) is 17.3 Å². The number of benzene rings is 1. The fourth-order valence-corrected chi connectivity index (χ4v) is 9.00. The minimum Gasteiger partial charge on any atom is -0.455 e. The van der Waals surface area contributed by atoms with Crippen LogP contribution in [-0.4, -0.2) is 121 Å². The number of esters is 2. The molecule has 4 aliphatic rings. The Bertz CT molecular complexity index is 1950. The molecule has 1 saturated heterocycles. The van der Waals surface area contributed by atoms with Gasteiger partial charge in [0.1, 0.15) is 49.8 Å². The summed E-state index contributed by atoms with van der Waals surface area (Å²) in [6, 6.07) is 7.50. The lowest BCUT2D eigenvalue weighted by Crippen LogP contribution is -2.81. The summed E-state index contributed by atoms with van der Waals surface area (Å²) in [6.45, 7) is 2.19. The van der Waals surface area contributed by atoms with E-state index in [4.69, 9.17) is 147 Å². The van der Waals surface area contributed by atoms with E-state index in [0.717, 1.165) is 6.92 Å². The van der Waals surface area contributed by atoms with Crippen LogP contribution in [0.15, 0.2) is 41.5 Å². The van der Waals surface area contributed by atoms with E-state index in [1.807, 2.05) is 0 Å². The van der Waals surface area contributed by atoms with Crippen LogP contribution in [0.2, 0.25) is 0 Å². The lowest BCUT2D eigenvalue weighted by atomic mass is 9.47. The predicted octanol–water partition coefficient (Wildman–Crippen LogP) is 8.29. The molecule has 0 aromatic heterocycles. The van der Waals surface area contributed by atoms with E-state index in [9.17, 15) is 29.1 Å². The first-order valence-electron chi connectivity index (χ1n) is 18.3. The van der Waals surface area contributed by atoms with E-state index in [1.165, 1.54) is 45.0 Å². The fraction of sp³-hybridized carbons (Fsp3) is 0.622. The van der Waals surface area contributed by atoms with Gasteiger partial charge >= 0.3 is 30.4 Å². The third-order valence-electron chi connectivity index (χ3n) is 11.2. The highest BCUT2D eigenvalue weighted by molar-refractivity contribution is 6.68. The number of aliphatic hydroxyl groups is 1. The van der Waals surface area contributed by atoms with Crippen molar-refractivity contribution in [2.45, 2.75) is 93.6 Å². The summed E-state index contributed by atoms with van der Waals surface area (Å²) in [5, 5.41) is 13.4. The van der Waals surface area contributed by atoms with Crippen molar-refractivity contribution in [3.05, 3.63) is 47.0 Å². The summed E-state index contributed by atoms with van der Waals surface area (Å²) < 4.78 is 44.2. The number of hydrogen-bond acceptors (Lipinski definition) is 16. The molecule has 5 rings (SSSR count). The molecule has 1 aliphatic heterocycles. The van der Waals surface area contributed by atoms with Crippen LogP contribution >= 0.6 is 104 Å². The molecule has 1 aromatic rings. The molecule has 1 heterocycles. The van der Waals surface area contributed by atoms with Crippen LogP contribution in [0.25, 0.3) is 0 Å². The van der Waals surface area contributed by atoms with Gasteiger partial charge in [0.25, 0.3) is 0 Å². The minimum atomic E-state index is -2.50. The molecule has 10 atom stereocenters. The number of rotatable bonds is 9. The van der Waals surface area contributed by atoms with E-state index in [2.05, 4.69) is 0 Å². The first-order chi connectivity index (χ1) is 28.5. The summed E-state index contributed by atoms with van der Waals surface area (Å²) in [6.07, 6.45) is -14.1. The van der Waals surface area contributed by atoms with Gasteiger partial charge in [-0.3, -0.25) is 9.59 Å². The maximum atomic E-state index is 15.8. The topological polar surface area (TPSA) is 206 Å². The van der Waals surface area contributed by atoms with Gasteiger partial charge in [0.05, 0.1) is 23.5 Å². The largest absolute Gasteiger partial charge is 0.509 e. The van der Waals surface area contributed by atoms with Crippen LogP contribution in [0.1, 0.15) is 50.9 Å². The van der Waals surface area contributed by atoms with Crippen molar-refractivity contribution in [3.8, 4) is 0 Å². The maximum absolute atomic E-state index is 15.8. The second-order valence-electron chi connectivity index (χ2n) is 15.1. The van der Waals surface area contributed by atoms with Crippen molar-refractivity contribution in [1.82, 2.24) is 0 Å². The van der Waals surface area contributed by atoms with Crippen LogP contribution in [-0.2, 0) is 52.2 Å². The zero-order valence-corrected chi connectivity index (χ0v) is 39.4. The van der Waals surface area contributed by atoms with Gasteiger partial charge in [0.2, 0.25) is 11.4 Å². The molecule has 0 amide bonds. The van der Waals surface area contributed by atoms with Crippen molar-refractivity contribution in [2.75, 3.05) is 26.4 Å². The summed E-state index contributed by atoms with van der Waals surface area (Å²) in [7, 11) is 0. The number of halogens is 9. The smallest absolute Gasteiger partial charge is 0.455 e. The Balaban J connectivity index is 1.80. The molecular formula is C37H37Cl9O16. The first kappa shape index (κ1) is 50.9. The summed E-state index contributed by atoms with van der Waals surface area (Å²) in [5.74, 6) is -6.19. The van der Waals surface area contributed by atoms with Gasteiger partial charge in [0, 0.05) is 25.7 Å². The Hall–Kier alpha value is -2.09. The Morgan fingerprint density at radius 2 is 1.32 bits per heavy atom. The van der Waals surface area contributed by atoms with Crippen LogP contribution in [0.5, 0.6) is 0 Å². The molecule has 62 heavy (non-hydrogen) atoms. The van der Waals surface area contributed by atoms with E-state index in [-0.39, 0.29) is 16.7 Å². The highest BCUT2D eigenvalue weighted by Crippen LogP contribution is 2.62. The molecule has 16 nitrogen and oxygen atoms in total. The molecule has 3 fully saturated rings. The van der Waals surface area contributed by atoms with E-state index >= 15 is 4.79 Å². The van der Waals surface area contributed by atoms with Crippen molar-refractivity contribution in [1.29, 1.82) is 0 Å². The molecule has 2 saturated carbocycles. The predicted molar refractivity (Wildman–Crippen MR) is 222 cm³/mol. The van der Waals surface area contributed by atoms with Crippen LogP contribution in [0.4, 0.5) is 14.4 Å². The SMILES string of the molecule is CC(=O)O[C@@]12CO[C@@H]1C[C@H](OC(=O)OCC(Cl)(Cl)Cl)[C@@]1(C)C(=O)[C@H](OC(=O)OCC(Cl)(Cl)Cl)C3=C(C)[C@@H](OC(=O)OCC(Cl)(Cl)Cl)C[C@](O)([C@@H]3C)[C@@H](OC(=O)c3ccccc3)[C@H]21. The molecule has 1 aromatic carbocycles. The number of fused-ring (bicyclic) bond motifs is 5. The normalized spacial score (nSPS) is 32.0. The molecule has 2 bridgehead atoms. The third kappa shape index (κ3) is 11.1. The van der Waals surface area contributed by atoms with E-state index in [0.29, 0.717) is 0 Å². The number of ether oxygens (including phenoxy) is 9. The summed E-state index contributed by atoms with van der Waals surface area (Å²) in [4.78, 5) is 83.2. The van der Waals surface area contributed by atoms with Crippen LogP contribution in [0, 0.1) is 17.3 Å². The van der Waals surface area contributed by atoms with Gasteiger partial charge in [0.15, 0.2) is 17.5 Å². The van der Waals surface area contributed by atoms with E-state index in [1.54, 1.807) is 6.07 Å². The molecule has 1 N–H and O–H groups in total. The highest BCUT2D eigenvalue weighted by atomic mass is 35.6. The average molecular weight is 1060 g/mol. The quantitative estimate of drug-likeness (QED) is 0.107. The summed E-state index contributed by atoms with van der Waals surface area (Å²) in [5.41, 5.74) is -7.01. The lowest BCUT2D eigenvalue weighted by Gasteiger charge is -2.66. The number of alkyl halides is 9. The number of carbonyl (C=O) groups excluding carboxylic acids is 6. The number of Topliss-reactive ketones (excluding diaryl/α,β-unsaturated/α-hetero) is 1. The minimum absolute atomic E-state index is 0.0191. The zero-order valence-electron chi connectivity index (χ0n) is 32.6. The molecule has 25 heteroatoms. The fourth-order valence-electron chi connectivity index (χ4n) is 8.51. The van der Waals surface area contributed by atoms with Crippen molar-refractivity contribution < 1.29 is 76.5 Å². The van der Waals surface area contributed by atoms with E-state index < -0.39 is 146 Å². The van der Waals surface area contributed by atoms with Gasteiger partial charge in [-0.1, -0.05) is 130 Å². The standard InChI is InChI=1S/C37H37Cl9O16/c1-16-20(58-29(50)55-13-35(38,39)40)11-33(53)17(2)23(16)24(60-31(52)57-15-37(44,45)46)26(48)32(4)21(59-30(51)56-14-36(41,42)43)10-22-34(12-54-22,62-18(3)47)25(32)27(33)61-28(49)19-8-6-5-7-9-19/h5-9,17,20-22,24-25,27,53H,10-15H2,1-4H3/t17-,20+,21+,22-,24-,25+,27+,32-,33+,34+/m1/s1. The summed E-state index contributed by atoms with van der Waals surface area (Å²) >= 11 is 52.2. The highest BCUT2D eigenvalue weighted by Gasteiger charge is 2.78. The number of carbonyl (C=O) groups is 6. The Kier molecular flexibility index (Phi) is 15.6. The molecule has 344 valence electrons. The Morgan fingerprint density at radius 1 is 0.806 bits per heavy atom. The van der Waals surface area contributed by atoms with Gasteiger partial charge in [-0.2, -0.15) is 0 Å². The zero-order chi connectivity index (χ0) is 46.4. The molecular weight excluding hydrogens is 1020 g/mol. The molecule has 3 aliphatic carbocycles. The second-order valence-corrected chi connectivity index (χ2v) is 22.7. The van der Waals surface area contributed by atoms with Crippen molar-refractivity contribution in [3.63, 3.8) is 0 Å². The van der Waals surface area contributed by atoms with Crippen LogP contribution < -0.4 is 0 Å². The number of hydrogen-bond donors (Lipinski definition) is 1. The molecule has 0 spiro atoms. The molecule has 0 radical (unpaired) electrons. The first-order valence-corrected chi connectivity index (χ1v) is 21.7.